The molecule has 1 aliphatic heterocycles. The second-order valence-corrected chi connectivity index (χ2v) is 7.98. The maximum absolute atomic E-state index is 13.3. The summed E-state index contributed by atoms with van der Waals surface area (Å²) in [6, 6.07) is 12.6. The summed E-state index contributed by atoms with van der Waals surface area (Å²) in [5.41, 5.74) is 0.787. The van der Waals surface area contributed by atoms with Crippen molar-refractivity contribution in [2.75, 3.05) is 18.7 Å². The lowest BCUT2D eigenvalue weighted by Gasteiger charge is -2.18. The maximum Gasteiger partial charge on any atom is 0.435 e. The predicted octanol–water partition coefficient (Wildman–Crippen LogP) is 5.09. The lowest BCUT2D eigenvalue weighted by molar-refractivity contribution is -0.141. The molecular formula is C23H22F3N3O3. The fraction of sp³-hybridized carbons (Fsp3) is 0.304. The number of ether oxygens (including phenoxy) is 2. The van der Waals surface area contributed by atoms with Crippen molar-refractivity contribution < 1.29 is 27.4 Å². The fourth-order valence-corrected chi connectivity index (χ4v) is 3.52. The second kappa shape index (κ2) is 8.22. The van der Waals surface area contributed by atoms with Gasteiger partial charge in [0.2, 0.25) is 6.79 Å². The van der Waals surface area contributed by atoms with E-state index in [9.17, 15) is 18.0 Å². The molecule has 0 aliphatic carbocycles. The van der Waals surface area contributed by atoms with Gasteiger partial charge >= 0.3 is 6.18 Å². The van der Waals surface area contributed by atoms with Crippen LogP contribution in [0.4, 0.5) is 18.9 Å². The first kappa shape index (κ1) is 21.7. The summed E-state index contributed by atoms with van der Waals surface area (Å²) in [7, 11) is 1.62. The van der Waals surface area contributed by atoms with Crippen LogP contribution in [0.1, 0.15) is 35.6 Å². The van der Waals surface area contributed by atoms with Gasteiger partial charge in [0.15, 0.2) is 17.2 Å². The highest BCUT2D eigenvalue weighted by Crippen LogP contribution is 2.35. The number of anilines is 1. The summed E-state index contributed by atoms with van der Waals surface area (Å²) in [5, 5.41) is 3.78. The number of fused-ring (bicyclic) bond motifs is 1. The van der Waals surface area contributed by atoms with Crippen LogP contribution >= 0.6 is 0 Å². The molecule has 6 nitrogen and oxygen atoms in total. The normalized spacial score (nSPS) is 13.0. The van der Waals surface area contributed by atoms with Crippen LogP contribution < -0.4 is 14.4 Å². The van der Waals surface area contributed by atoms with E-state index >= 15 is 0 Å². The largest absolute Gasteiger partial charge is 0.454 e. The van der Waals surface area contributed by atoms with Crippen LogP contribution in [0.5, 0.6) is 11.5 Å². The highest BCUT2D eigenvalue weighted by Gasteiger charge is 2.35. The zero-order valence-corrected chi connectivity index (χ0v) is 17.8. The molecule has 9 heteroatoms. The van der Waals surface area contributed by atoms with Crippen molar-refractivity contribution in [1.82, 2.24) is 9.78 Å². The van der Waals surface area contributed by atoms with Crippen LogP contribution in [0.25, 0.3) is 5.69 Å². The molecule has 0 N–H and O–H groups in total. The standard InChI is InChI=1S/C23H22F3N3O3/c1-14(2)9-18-12-21(23(24,25)26)27-29(18)17-6-4-5-15(10-17)22(30)28(3)16-7-8-19-20(11-16)32-13-31-19/h4-8,10-12,14H,9,13H2,1-3H3. The number of nitrogens with zero attached hydrogens (tertiary/aromatic N) is 3. The molecule has 0 radical (unpaired) electrons. The summed E-state index contributed by atoms with van der Waals surface area (Å²) in [5.74, 6) is 0.965. The highest BCUT2D eigenvalue weighted by molar-refractivity contribution is 6.06. The lowest BCUT2D eigenvalue weighted by Crippen LogP contribution is -2.26. The molecule has 0 bridgehead atoms. The van der Waals surface area contributed by atoms with Gasteiger partial charge in [0, 0.05) is 30.1 Å². The average molecular weight is 445 g/mol. The summed E-state index contributed by atoms with van der Waals surface area (Å²) in [6.07, 6.45) is -4.14. The van der Waals surface area contributed by atoms with Crippen molar-refractivity contribution in [3.8, 4) is 17.2 Å². The molecule has 32 heavy (non-hydrogen) atoms. The highest BCUT2D eigenvalue weighted by atomic mass is 19.4. The Labute approximate surface area is 183 Å². The Balaban J connectivity index is 1.66. The van der Waals surface area contributed by atoms with E-state index in [1.165, 1.54) is 9.58 Å². The Kier molecular flexibility index (Phi) is 5.58. The first-order chi connectivity index (χ1) is 15.1. The minimum atomic E-state index is -4.55. The SMILES string of the molecule is CC(C)Cc1cc(C(F)(F)F)nn1-c1cccc(C(=O)N(C)c2ccc3c(c2)OCO3)c1. The molecule has 3 aromatic rings. The molecule has 168 valence electrons. The van der Waals surface area contributed by atoms with Crippen LogP contribution in [0.15, 0.2) is 48.5 Å². The molecular weight excluding hydrogens is 423 g/mol. The molecule has 1 aliphatic rings. The summed E-state index contributed by atoms with van der Waals surface area (Å²) < 4.78 is 51.7. The van der Waals surface area contributed by atoms with Gasteiger partial charge in [-0.15, -0.1) is 0 Å². The number of rotatable bonds is 5. The molecule has 0 spiro atoms. The number of hydrogen-bond acceptors (Lipinski definition) is 4. The van der Waals surface area contributed by atoms with Gasteiger partial charge in [-0.25, -0.2) is 4.68 Å². The molecule has 0 saturated carbocycles. The minimum Gasteiger partial charge on any atom is -0.454 e. The van der Waals surface area contributed by atoms with Crippen LogP contribution in [-0.4, -0.2) is 29.5 Å². The van der Waals surface area contributed by atoms with E-state index < -0.39 is 11.9 Å². The third kappa shape index (κ3) is 4.28. The van der Waals surface area contributed by atoms with Crippen molar-refractivity contribution in [3.63, 3.8) is 0 Å². The molecule has 0 saturated heterocycles. The first-order valence-corrected chi connectivity index (χ1v) is 10.1. The Morgan fingerprint density at radius 1 is 1.12 bits per heavy atom. The van der Waals surface area contributed by atoms with Gasteiger partial charge in [-0.1, -0.05) is 19.9 Å². The van der Waals surface area contributed by atoms with Crippen molar-refractivity contribution >= 4 is 11.6 Å². The predicted molar refractivity (Wildman–Crippen MR) is 112 cm³/mol. The third-order valence-corrected chi connectivity index (χ3v) is 5.08. The van der Waals surface area contributed by atoms with Gasteiger partial charge in [0.05, 0.1) is 5.69 Å². The number of hydrogen-bond donors (Lipinski definition) is 0. The first-order valence-electron chi connectivity index (χ1n) is 10.1. The molecule has 4 rings (SSSR count). The molecule has 1 amide bonds. The van der Waals surface area contributed by atoms with Crippen molar-refractivity contribution in [3.05, 3.63) is 65.5 Å². The molecule has 2 aromatic carbocycles. The molecule has 0 atom stereocenters. The Hall–Kier alpha value is -3.49. The van der Waals surface area contributed by atoms with Crippen LogP contribution in [-0.2, 0) is 12.6 Å². The lowest BCUT2D eigenvalue weighted by atomic mass is 10.1. The Morgan fingerprint density at radius 3 is 2.59 bits per heavy atom. The van der Waals surface area contributed by atoms with Crippen molar-refractivity contribution in [1.29, 1.82) is 0 Å². The molecule has 1 aromatic heterocycles. The topological polar surface area (TPSA) is 56.6 Å². The smallest absolute Gasteiger partial charge is 0.435 e. The van der Waals surface area contributed by atoms with Gasteiger partial charge in [-0.3, -0.25) is 4.79 Å². The van der Waals surface area contributed by atoms with E-state index in [-0.39, 0.29) is 18.6 Å². The minimum absolute atomic E-state index is 0.126. The summed E-state index contributed by atoms with van der Waals surface area (Å²) in [4.78, 5) is 14.5. The number of amides is 1. The van der Waals surface area contributed by atoms with Gasteiger partial charge in [0.1, 0.15) is 0 Å². The van der Waals surface area contributed by atoms with E-state index in [0.29, 0.717) is 40.6 Å². The number of halogens is 3. The van der Waals surface area contributed by atoms with Gasteiger partial charge in [-0.2, -0.15) is 18.3 Å². The number of benzene rings is 2. The van der Waals surface area contributed by atoms with Crippen molar-refractivity contribution in [2.45, 2.75) is 26.4 Å². The second-order valence-electron chi connectivity index (χ2n) is 7.98. The third-order valence-electron chi connectivity index (χ3n) is 5.08. The van der Waals surface area contributed by atoms with Crippen LogP contribution in [0.3, 0.4) is 0 Å². The fourth-order valence-electron chi connectivity index (χ4n) is 3.52. The quantitative estimate of drug-likeness (QED) is 0.549. The van der Waals surface area contributed by atoms with Gasteiger partial charge in [0.25, 0.3) is 5.91 Å². The van der Waals surface area contributed by atoms with E-state index in [1.807, 2.05) is 13.8 Å². The van der Waals surface area contributed by atoms with E-state index in [1.54, 1.807) is 49.5 Å². The molecule has 0 fully saturated rings. The number of alkyl halides is 3. The molecule has 0 unspecified atom stereocenters. The Bertz CT molecular complexity index is 1150. The zero-order chi connectivity index (χ0) is 23.0. The molecule has 2 heterocycles. The van der Waals surface area contributed by atoms with Crippen LogP contribution in [0.2, 0.25) is 0 Å². The van der Waals surface area contributed by atoms with Crippen LogP contribution in [0, 0.1) is 5.92 Å². The number of carbonyl (C=O) groups is 1. The zero-order valence-electron chi connectivity index (χ0n) is 17.8. The number of aromatic nitrogens is 2. The number of carbonyl (C=O) groups excluding carboxylic acids is 1. The van der Waals surface area contributed by atoms with E-state index in [2.05, 4.69) is 5.10 Å². The summed E-state index contributed by atoms with van der Waals surface area (Å²) >= 11 is 0. The van der Waals surface area contributed by atoms with Gasteiger partial charge in [-0.05, 0) is 48.7 Å². The van der Waals surface area contributed by atoms with Crippen molar-refractivity contribution in [2.24, 2.45) is 5.92 Å². The van der Waals surface area contributed by atoms with E-state index in [0.717, 1.165) is 6.07 Å². The summed E-state index contributed by atoms with van der Waals surface area (Å²) in [6.45, 7) is 3.97. The Morgan fingerprint density at radius 2 is 1.88 bits per heavy atom. The van der Waals surface area contributed by atoms with Gasteiger partial charge < -0.3 is 14.4 Å². The average Bonchev–Trinajstić information content (AvgIpc) is 3.38. The maximum atomic E-state index is 13.3. The monoisotopic (exact) mass is 445 g/mol. The van der Waals surface area contributed by atoms with E-state index in [4.69, 9.17) is 9.47 Å².